The minimum Gasteiger partial charge on any atom is -0.353 e. The Morgan fingerprint density at radius 2 is 2.17 bits per heavy atom. The van der Waals surface area contributed by atoms with Crippen LogP contribution < -0.4 is 5.32 Å². The van der Waals surface area contributed by atoms with E-state index in [1.807, 2.05) is 6.92 Å². The predicted octanol–water partition coefficient (Wildman–Crippen LogP) is 3.45. The summed E-state index contributed by atoms with van der Waals surface area (Å²) < 4.78 is 13.0. The largest absolute Gasteiger partial charge is 0.353 e. The van der Waals surface area contributed by atoms with Crippen molar-refractivity contribution >= 4 is 5.91 Å². The first-order chi connectivity index (χ1) is 8.61. The molecule has 0 aliphatic carbocycles. The molecule has 100 valence electrons. The van der Waals surface area contributed by atoms with Crippen molar-refractivity contribution in [2.24, 2.45) is 0 Å². The van der Waals surface area contributed by atoms with Gasteiger partial charge in [-0.3, -0.25) is 4.79 Å². The van der Waals surface area contributed by atoms with Crippen molar-refractivity contribution < 1.29 is 9.18 Å². The molecule has 1 atom stereocenters. The summed E-state index contributed by atoms with van der Waals surface area (Å²) in [6.07, 6.45) is 4.77. The molecule has 3 heteroatoms. The van der Waals surface area contributed by atoms with Gasteiger partial charge in [-0.25, -0.2) is 4.39 Å². The number of unbranched alkanes of at least 4 members (excludes halogenated alkanes) is 2. The molecule has 1 aromatic carbocycles. The number of rotatable bonds is 7. The summed E-state index contributed by atoms with van der Waals surface area (Å²) in [5, 5.41) is 2.95. The van der Waals surface area contributed by atoms with Gasteiger partial charge in [0.15, 0.2) is 0 Å². The second kappa shape index (κ2) is 7.85. The average molecular weight is 251 g/mol. The Kier molecular flexibility index (Phi) is 6.40. The first-order valence-corrected chi connectivity index (χ1v) is 6.65. The SMILES string of the molecule is CCCCCC(C)NC(=O)Cc1cccc(F)c1. The van der Waals surface area contributed by atoms with Gasteiger partial charge in [0, 0.05) is 6.04 Å². The van der Waals surface area contributed by atoms with Crippen molar-refractivity contribution in [2.45, 2.75) is 52.0 Å². The fourth-order valence-corrected chi connectivity index (χ4v) is 1.93. The van der Waals surface area contributed by atoms with Crippen LogP contribution in [0.5, 0.6) is 0 Å². The van der Waals surface area contributed by atoms with Crippen molar-refractivity contribution in [3.05, 3.63) is 35.6 Å². The Bertz CT molecular complexity index is 379. The molecule has 0 saturated heterocycles. The van der Waals surface area contributed by atoms with Gasteiger partial charge in [0.1, 0.15) is 5.82 Å². The van der Waals surface area contributed by atoms with E-state index in [1.165, 1.54) is 25.0 Å². The zero-order valence-electron chi connectivity index (χ0n) is 11.2. The van der Waals surface area contributed by atoms with E-state index in [4.69, 9.17) is 0 Å². The smallest absolute Gasteiger partial charge is 0.224 e. The van der Waals surface area contributed by atoms with Gasteiger partial charge in [-0.15, -0.1) is 0 Å². The lowest BCUT2D eigenvalue weighted by Gasteiger charge is -2.13. The van der Waals surface area contributed by atoms with Gasteiger partial charge in [0.05, 0.1) is 6.42 Å². The molecule has 1 unspecified atom stereocenters. The maximum Gasteiger partial charge on any atom is 0.224 e. The van der Waals surface area contributed by atoms with Gasteiger partial charge in [-0.05, 0) is 31.0 Å². The van der Waals surface area contributed by atoms with E-state index in [9.17, 15) is 9.18 Å². The molecular formula is C15H22FNO. The van der Waals surface area contributed by atoms with Crippen molar-refractivity contribution in [1.82, 2.24) is 5.32 Å². The maximum atomic E-state index is 13.0. The van der Waals surface area contributed by atoms with Crippen molar-refractivity contribution in [2.75, 3.05) is 0 Å². The van der Waals surface area contributed by atoms with Crippen LogP contribution in [0, 0.1) is 5.82 Å². The van der Waals surface area contributed by atoms with Gasteiger partial charge in [-0.1, -0.05) is 38.3 Å². The minimum absolute atomic E-state index is 0.0374. The summed E-state index contributed by atoms with van der Waals surface area (Å²) in [5.74, 6) is -0.333. The van der Waals surface area contributed by atoms with Gasteiger partial charge in [-0.2, -0.15) is 0 Å². The second-order valence-corrected chi connectivity index (χ2v) is 4.77. The zero-order chi connectivity index (χ0) is 13.4. The Morgan fingerprint density at radius 1 is 1.39 bits per heavy atom. The predicted molar refractivity (Wildman–Crippen MR) is 71.9 cm³/mol. The van der Waals surface area contributed by atoms with Gasteiger partial charge >= 0.3 is 0 Å². The fraction of sp³-hybridized carbons (Fsp3) is 0.533. The monoisotopic (exact) mass is 251 g/mol. The van der Waals surface area contributed by atoms with Crippen LogP contribution in [0.15, 0.2) is 24.3 Å². The molecule has 0 bridgehead atoms. The van der Waals surface area contributed by atoms with Crippen molar-refractivity contribution in [3.8, 4) is 0 Å². The van der Waals surface area contributed by atoms with E-state index in [-0.39, 0.29) is 24.2 Å². The number of carbonyl (C=O) groups excluding carboxylic acids is 1. The standard InChI is InChI=1S/C15H22FNO/c1-3-4-5-7-12(2)17-15(18)11-13-8-6-9-14(16)10-13/h6,8-10,12H,3-5,7,11H2,1-2H3,(H,17,18). The number of hydrogen-bond donors (Lipinski definition) is 1. The lowest BCUT2D eigenvalue weighted by atomic mass is 10.1. The summed E-state index contributed by atoms with van der Waals surface area (Å²) in [7, 11) is 0. The van der Waals surface area contributed by atoms with Crippen molar-refractivity contribution in [3.63, 3.8) is 0 Å². The number of amides is 1. The van der Waals surface area contributed by atoms with Crippen LogP contribution in [0.25, 0.3) is 0 Å². The minimum atomic E-state index is -0.295. The van der Waals surface area contributed by atoms with Crippen LogP contribution >= 0.6 is 0 Å². The molecule has 1 rings (SSSR count). The fourth-order valence-electron chi connectivity index (χ4n) is 1.93. The van der Waals surface area contributed by atoms with E-state index < -0.39 is 0 Å². The van der Waals surface area contributed by atoms with Crippen LogP contribution in [0.2, 0.25) is 0 Å². The molecule has 0 aromatic heterocycles. The molecule has 0 radical (unpaired) electrons. The number of benzene rings is 1. The van der Waals surface area contributed by atoms with E-state index in [1.54, 1.807) is 12.1 Å². The Morgan fingerprint density at radius 3 is 2.83 bits per heavy atom. The first kappa shape index (κ1) is 14.7. The summed E-state index contributed by atoms with van der Waals surface area (Å²) >= 11 is 0. The third kappa shape index (κ3) is 5.80. The molecular weight excluding hydrogens is 229 g/mol. The molecule has 1 aromatic rings. The Hall–Kier alpha value is -1.38. The van der Waals surface area contributed by atoms with Crippen LogP contribution in [-0.2, 0) is 11.2 Å². The highest BCUT2D eigenvalue weighted by Gasteiger charge is 2.08. The third-order valence-corrected chi connectivity index (χ3v) is 2.90. The Balaban J connectivity index is 2.32. The lowest BCUT2D eigenvalue weighted by molar-refractivity contribution is -0.121. The van der Waals surface area contributed by atoms with Gasteiger partial charge in [0.2, 0.25) is 5.91 Å². The number of carbonyl (C=O) groups is 1. The molecule has 1 N–H and O–H groups in total. The highest BCUT2D eigenvalue weighted by Crippen LogP contribution is 2.06. The molecule has 0 aliphatic rings. The summed E-state index contributed by atoms with van der Waals surface area (Å²) in [6, 6.07) is 6.38. The molecule has 0 fully saturated rings. The average Bonchev–Trinajstić information content (AvgIpc) is 2.29. The van der Waals surface area contributed by atoms with Gasteiger partial charge < -0.3 is 5.32 Å². The number of nitrogens with one attached hydrogen (secondary N) is 1. The van der Waals surface area contributed by atoms with E-state index in [0.29, 0.717) is 5.56 Å². The van der Waals surface area contributed by atoms with E-state index in [2.05, 4.69) is 12.2 Å². The molecule has 0 saturated carbocycles. The van der Waals surface area contributed by atoms with Crippen LogP contribution in [-0.4, -0.2) is 11.9 Å². The molecule has 0 spiro atoms. The molecule has 2 nitrogen and oxygen atoms in total. The lowest BCUT2D eigenvalue weighted by Crippen LogP contribution is -2.33. The highest BCUT2D eigenvalue weighted by atomic mass is 19.1. The number of halogens is 1. The summed E-state index contributed by atoms with van der Waals surface area (Å²) in [5.41, 5.74) is 0.716. The molecule has 1 amide bonds. The maximum absolute atomic E-state index is 13.0. The second-order valence-electron chi connectivity index (χ2n) is 4.77. The summed E-state index contributed by atoms with van der Waals surface area (Å²) in [6.45, 7) is 4.17. The first-order valence-electron chi connectivity index (χ1n) is 6.65. The Labute approximate surface area is 109 Å². The molecule has 0 heterocycles. The zero-order valence-corrected chi connectivity index (χ0v) is 11.2. The third-order valence-electron chi connectivity index (χ3n) is 2.90. The van der Waals surface area contributed by atoms with Gasteiger partial charge in [0.25, 0.3) is 0 Å². The van der Waals surface area contributed by atoms with Crippen molar-refractivity contribution in [1.29, 1.82) is 0 Å². The van der Waals surface area contributed by atoms with Crippen LogP contribution in [0.4, 0.5) is 4.39 Å². The summed E-state index contributed by atoms with van der Waals surface area (Å²) in [4.78, 5) is 11.7. The van der Waals surface area contributed by atoms with E-state index in [0.717, 1.165) is 12.8 Å². The molecule has 0 aliphatic heterocycles. The van der Waals surface area contributed by atoms with E-state index >= 15 is 0 Å². The quantitative estimate of drug-likeness (QED) is 0.739. The highest BCUT2D eigenvalue weighted by molar-refractivity contribution is 5.78. The number of hydrogen-bond acceptors (Lipinski definition) is 1. The topological polar surface area (TPSA) is 29.1 Å². The van der Waals surface area contributed by atoms with Crippen LogP contribution in [0.3, 0.4) is 0 Å². The molecule has 18 heavy (non-hydrogen) atoms. The van der Waals surface area contributed by atoms with Crippen LogP contribution in [0.1, 0.15) is 45.1 Å². The normalized spacial score (nSPS) is 12.2.